The molecule has 1 aliphatic rings. The predicted molar refractivity (Wildman–Crippen MR) is 74.3 cm³/mol. The minimum absolute atomic E-state index is 0.259. The van der Waals surface area contributed by atoms with Crippen LogP contribution in [0.3, 0.4) is 0 Å². The van der Waals surface area contributed by atoms with Gasteiger partial charge in [-0.25, -0.2) is 0 Å². The first-order valence-electron chi connectivity index (χ1n) is 6.31. The summed E-state index contributed by atoms with van der Waals surface area (Å²) in [6.07, 6.45) is 1.17. The molecule has 2 unspecified atom stereocenters. The highest BCUT2D eigenvalue weighted by molar-refractivity contribution is 6.28. The molecule has 0 aliphatic carbocycles. The van der Waals surface area contributed by atoms with Crippen molar-refractivity contribution in [2.24, 2.45) is 11.8 Å². The highest BCUT2D eigenvalue weighted by Gasteiger charge is 2.25. The monoisotopic (exact) mass is 269 g/mol. The normalized spacial score (nSPS) is 24.2. The van der Waals surface area contributed by atoms with Crippen molar-refractivity contribution in [2.75, 3.05) is 37.0 Å². The van der Waals surface area contributed by atoms with Crippen molar-refractivity contribution in [1.29, 1.82) is 0 Å². The lowest BCUT2D eigenvalue weighted by Gasteiger charge is -2.35. The molecule has 5 nitrogen and oxygen atoms in total. The van der Waals surface area contributed by atoms with Gasteiger partial charge in [-0.2, -0.15) is 15.0 Å². The molecule has 0 saturated carbocycles. The molecule has 0 spiro atoms. The Hall–Kier alpha value is -1.10. The molecular weight excluding hydrogens is 250 g/mol. The molecule has 0 bridgehead atoms. The van der Waals surface area contributed by atoms with Gasteiger partial charge in [0.05, 0.1) is 0 Å². The standard InChI is InChI=1S/C12H20ClN5/c1-8-5-6-18(7-9(8)2)12-15-10(13)14-11(16-12)17(3)4/h8-9H,5-7H2,1-4H3. The van der Waals surface area contributed by atoms with E-state index in [1.807, 2.05) is 19.0 Å². The fourth-order valence-corrected chi connectivity index (χ4v) is 2.27. The summed E-state index contributed by atoms with van der Waals surface area (Å²) in [5.74, 6) is 2.71. The van der Waals surface area contributed by atoms with Crippen LogP contribution in [-0.4, -0.2) is 42.1 Å². The van der Waals surface area contributed by atoms with Crippen LogP contribution in [-0.2, 0) is 0 Å². The van der Waals surface area contributed by atoms with Gasteiger partial charge in [0.1, 0.15) is 0 Å². The van der Waals surface area contributed by atoms with Crippen LogP contribution in [0.2, 0.25) is 5.28 Å². The number of piperidine rings is 1. The molecule has 1 saturated heterocycles. The summed E-state index contributed by atoms with van der Waals surface area (Å²) < 4.78 is 0. The third-order valence-corrected chi connectivity index (χ3v) is 3.77. The molecule has 1 aromatic heterocycles. The zero-order valence-electron chi connectivity index (χ0n) is 11.4. The van der Waals surface area contributed by atoms with E-state index in [0.717, 1.165) is 19.0 Å². The van der Waals surface area contributed by atoms with Crippen LogP contribution in [0, 0.1) is 11.8 Å². The van der Waals surface area contributed by atoms with E-state index in [1.54, 1.807) is 0 Å². The maximum atomic E-state index is 5.96. The summed E-state index contributed by atoms with van der Waals surface area (Å²) in [6, 6.07) is 0. The summed E-state index contributed by atoms with van der Waals surface area (Å²) in [6.45, 7) is 6.53. The smallest absolute Gasteiger partial charge is 0.231 e. The molecule has 2 rings (SSSR count). The van der Waals surface area contributed by atoms with E-state index in [1.165, 1.54) is 6.42 Å². The molecule has 0 N–H and O–H groups in total. The maximum absolute atomic E-state index is 5.96. The summed E-state index contributed by atoms with van der Waals surface area (Å²) >= 11 is 5.96. The summed E-state index contributed by atoms with van der Waals surface area (Å²) in [5.41, 5.74) is 0. The Morgan fingerprint density at radius 1 is 1.17 bits per heavy atom. The van der Waals surface area contributed by atoms with Crippen LogP contribution in [0.25, 0.3) is 0 Å². The molecule has 0 amide bonds. The highest BCUT2D eigenvalue weighted by atomic mass is 35.5. The van der Waals surface area contributed by atoms with E-state index >= 15 is 0 Å². The van der Waals surface area contributed by atoms with Crippen LogP contribution >= 0.6 is 11.6 Å². The van der Waals surface area contributed by atoms with Gasteiger partial charge in [-0.3, -0.25) is 0 Å². The van der Waals surface area contributed by atoms with Gasteiger partial charge in [0, 0.05) is 27.2 Å². The molecule has 2 atom stereocenters. The summed E-state index contributed by atoms with van der Waals surface area (Å²) in [7, 11) is 3.80. The van der Waals surface area contributed by atoms with Gasteiger partial charge in [-0.05, 0) is 29.9 Å². The molecule has 1 aliphatic heterocycles. The van der Waals surface area contributed by atoms with E-state index in [4.69, 9.17) is 11.6 Å². The number of hydrogen-bond acceptors (Lipinski definition) is 5. The van der Waals surface area contributed by atoms with Crippen LogP contribution in [0.15, 0.2) is 0 Å². The average Bonchev–Trinajstić information content (AvgIpc) is 2.31. The van der Waals surface area contributed by atoms with Crippen molar-refractivity contribution in [2.45, 2.75) is 20.3 Å². The van der Waals surface area contributed by atoms with Crippen LogP contribution < -0.4 is 9.80 Å². The third-order valence-electron chi connectivity index (χ3n) is 3.60. The van der Waals surface area contributed by atoms with Crippen LogP contribution in [0.5, 0.6) is 0 Å². The zero-order chi connectivity index (χ0) is 13.3. The Labute approximate surface area is 113 Å². The second-order valence-electron chi connectivity index (χ2n) is 5.29. The third kappa shape index (κ3) is 2.83. The van der Waals surface area contributed by atoms with Gasteiger partial charge in [-0.15, -0.1) is 0 Å². The summed E-state index contributed by atoms with van der Waals surface area (Å²) in [4.78, 5) is 16.8. The number of halogens is 1. The predicted octanol–water partition coefficient (Wildman–Crippen LogP) is 2.07. The van der Waals surface area contributed by atoms with Gasteiger partial charge in [-0.1, -0.05) is 13.8 Å². The maximum Gasteiger partial charge on any atom is 0.231 e. The zero-order valence-corrected chi connectivity index (χ0v) is 12.1. The minimum Gasteiger partial charge on any atom is -0.347 e. The Kier molecular flexibility index (Phi) is 3.90. The Balaban J connectivity index is 2.23. The Bertz CT molecular complexity index is 423. The molecule has 1 aromatic rings. The SMILES string of the molecule is CC1CCN(c2nc(Cl)nc(N(C)C)n2)CC1C. The van der Waals surface area contributed by atoms with Gasteiger partial charge in [0.15, 0.2) is 0 Å². The van der Waals surface area contributed by atoms with Gasteiger partial charge >= 0.3 is 0 Å². The quantitative estimate of drug-likeness (QED) is 0.823. The molecule has 0 aromatic carbocycles. The second kappa shape index (κ2) is 5.26. The molecule has 18 heavy (non-hydrogen) atoms. The average molecular weight is 270 g/mol. The number of nitrogens with zero attached hydrogens (tertiary/aromatic N) is 5. The molecule has 6 heteroatoms. The lowest BCUT2D eigenvalue weighted by molar-refractivity contribution is 0.321. The van der Waals surface area contributed by atoms with Gasteiger partial charge in [0.2, 0.25) is 17.2 Å². The fourth-order valence-electron chi connectivity index (χ4n) is 2.12. The van der Waals surface area contributed by atoms with E-state index in [2.05, 4.69) is 33.7 Å². The van der Waals surface area contributed by atoms with Crippen molar-refractivity contribution in [3.05, 3.63) is 5.28 Å². The largest absolute Gasteiger partial charge is 0.347 e. The topological polar surface area (TPSA) is 45.2 Å². The van der Waals surface area contributed by atoms with Crippen molar-refractivity contribution < 1.29 is 0 Å². The van der Waals surface area contributed by atoms with Gasteiger partial charge < -0.3 is 9.80 Å². The van der Waals surface area contributed by atoms with Crippen molar-refractivity contribution in [3.8, 4) is 0 Å². The number of rotatable bonds is 2. The number of anilines is 2. The molecular formula is C12H20ClN5. The van der Waals surface area contributed by atoms with Crippen LogP contribution in [0.4, 0.5) is 11.9 Å². The number of hydrogen-bond donors (Lipinski definition) is 0. The lowest BCUT2D eigenvalue weighted by atomic mass is 9.89. The molecule has 0 radical (unpaired) electrons. The van der Waals surface area contributed by atoms with Crippen molar-refractivity contribution >= 4 is 23.5 Å². The fraction of sp³-hybridized carbons (Fsp3) is 0.750. The van der Waals surface area contributed by atoms with E-state index in [-0.39, 0.29) is 5.28 Å². The summed E-state index contributed by atoms with van der Waals surface area (Å²) in [5, 5.41) is 0.259. The molecule has 2 heterocycles. The van der Waals surface area contributed by atoms with Gasteiger partial charge in [0.25, 0.3) is 0 Å². The second-order valence-corrected chi connectivity index (χ2v) is 5.63. The Morgan fingerprint density at radius 3 is 2.50 bits per heavy atom. The van der Waals surface area contributed by atoms with E-state index in [0.29, 0.717) is 17.8 Å². The van der Waals surface area contributed by atoms with Crippen molar-refractivity contribution in [1.82, 2.24) is 15.0 Å². The number of aromatic nitrogens is 3. The lowest BCUT2D eigenvalue weighted by Crippen LogP contribution is -2.39. The minimum atomic E-state index is 0.259. The first kappa shape index (κ1) is 13.3. The van der Waals surface area contributed by atoms with E-state index < -0.39 is 0 Å². The van der Waals surface area contributed by atoms with Crippen LogP contribution in [0.1, 0.15) is 20.3 Å². The van der Waals surface area contributed by atoms with Crippen molar-refractivity contribution in [3.63, 3.8) is 0 Å². The first-order valence-corrected chi connectivity index (χ1v) is 6.69. The highest BCUT2D eigenvalue weighted by Crippen LogP contribution is 2.26. The Morgan fingerprint density at radius 2 is 1.89 bits per heavy atom. The first-order chi connectivity index (χ1) is 8.47. The molecule has 100 valence electrons. The molecule has 1 fully saturated rings. The van der Waals surface area contributed by atoms with E-state index in [9.17, 15) is 0 Å².